The van der Waals surface area contributed by atoms with E-state index in [0.717, 1.165) is 5.56 Å². The van der Waals surface area contributed by atoms with E-state index in [1.807, 2.05) is 30.3 Å². The van der Waals surface area contributed by atoms with Crippen LogP contribution < -0.4 is 10.1 Å². The van der Waals surface area contributed by atoms with E-state index in [1.165, 1.54) is 0 Å². The van der Waals surface area contributed by atoms with Gasteiger partial charge in [0, 0.05) is 18.3 Å². The molecule has 4 aromatic rings. The van der Waals surface area contributed by atoms with Gasteiger partial charge in [-0.1, -0.05) is 41.9 Å². The number of aromatic nitrogens is 3. The third-order valence-corrected chi connectivity index (χ3v) is 4.72. The normalized spacial score (nSPS) is 10.8. The van der Waals surface area contributed by atoms with Gasteiger partial charge in [0.25, 0.3) is 5.91 Å². The maximum absolute atomic E-state index is 13.0. The van der Waals surface area contributed by atoms with Crippen molar-refractivity contribution < 1.29 is 9.53 Å². The zero-order chi connectivity index (χ0) is 19.7. The number of ether oxygens (including phenoxy) is 1. The molecule has 0 saturated carbocycles. The molecule has 4 rings (SSSR count). The molecule has 0 saturated heterocycles. The predicted molar refractivity (Wildman–Crippen MR) is 110 cm³/mol. The van der Waals surface area contributed by atoms with Crippen molar-refractivity contribution in [3.8, 4) is 17.0 Å². The van der Waals surface area contributed by atoms with Gasteiger partial charge in [-0.2, -0.15) is 5.10 Å². The van der Waals surface area contributed by atoms with Crippen molar-refractivity contribution in [1.82, 2.24) is 14.8 Å². The number of fused-ring (bicyclic) bond motifs is 1. The maximum Gasteiger partial charge on any atom is 0.256 e. The number of halogens is 1. The minimum Gasteiger partial charge on any atom is -0.495 e. The average molecular weight is 393 g/mol. The number of aryl methyl sites for hydroxylation is 1. The second-order valence-corrected chi connectivity index (χ2v) is 6.64. The van der Waals surface area contributed by atoms with Gasteiger partial charge >= 0.3 is 0 Å². The monoisotopic (exact) mass is 392 g/mol. The molecule has 7 heteroatoms. The minimum atomic E-state index is -0.265. The first-order valence-electron chi connectivity index (χ1n) is 8.60. The molecule has 1 amide bonds. The number of methoxy groups -OCH3 is 1. The Labute approximate surface area is 166 Å². The van der Waals surface area contributed by atoms with Crippen LogP contribution in [0.1, 0.15) is 10.4 Å². The molecule has 2 heterocycles. The van der Waals surface area contributed by atoms with Gasteiger partial charge in [-0.15, -0.1) is 0 Å². The molecule has 0 aliphatic heterocycles. The number of nitrogens with zero attached hydrogens (tertiary/aromatic N) is 3. The largest absolute Gasteiger partial charge is 0.495 e. The van der Waals surface area contributed by atoms with Gasteiger partial charge in [0.2, 0.25) is 0 Å². The summed E-state index contributed by atoms with van der Waals surface area (Å²) in [5.74, 6) is 0.281. The van der Waals surface area contributed by atoms with Gasteiger partial charge in [0.15, 0.2) is 5.65 Å². The fraction of sp³-hybridized carbons (Fsp3) is 0.0952. The van der Waals surface area contributed by atoms with Crippen molar-refractivity contribution in [3.63, 3.8) is 0 Å². The highest BCUT2D eigenvalue weighted by Gasteiger charge is 2.17. The fourth-order valence-electron chi connectivity index (χ4n) is 3.00. The number of hydrogen-bond donors (Lipinski definition) is 1. The predicted octanol–water partition coefficient (Wildman–Crippen LogP) is 4.55. The van der Waals surface area contributed by atoms with Crippen molar-refractivity contribution in [2.75, 3.05) is 12.4 Å². The Morgan fingerprint density at radius 3 is 2.64 bits per heavy atom. The molecule has 0 unspecified atom stereocenters. The number of benzene rings is 2. The van der Waals surface area contributed by atoms with Gasteiger partial charge in [-0.25, -0.2) is 4.98 Å². The molecule has 0 radical (unpaired) electrons. The summed E-state index contributed by atoms with van der Waals surface area (Å²) >= 11 is 6.16. The summed E-state index contributed by atoms with van der Waals surface area (Å²) in [6, 6.07) is 16.6. The lowest BCUT2D eigenvalue weighted by Gasteiger charge is -2.10. The molecule has 28 heavy (non-hydrogen) atoms. The lowest BCUT2D eigenvalue weighted by molar-refractivity contribution is 0.102. The third kappa shape index (κ3) is 3.30. The van der Waals surface area contributed by atoms with Crippen LogP contribution in [0.5, 0.6) is 5.75 Å². The van der Waals surface area contributed by atoms with Crippen LogP contribution in [-0.4, -0.2) is 27.8 Å². The number of hydrogen-bond acceptors (Lipinski definition) is 4. The quantitative estimate of drug-likeness (QED) is 0.553. The maximum atomic E-state index is 13.0. The van der Waals surface area contributed by atoms with E-state index in [0.29, 0.717) is 38.8 Å². The number of carbonyl (C=O) groups excluding carboxylic acids is 1. The topological polar surface area (TPSA) is 69.0 Å². The van der Waals surface area contributed by atoms with Crippen LogP contribution in [0.3, 0.4) is 0 Å². The average Bonchev–Trinajstić information content (AvgIpc) is 3.09. The number of rotatable bonds is 4. The van der Waals surface area contributed by atoms with E-state index in [9.17, 15) is 4.79 Å². The lowest BCUT2D eigenvalue weighted by Crippen LogP contribution is -2.13. The summed E-state index contributed by atoms with van der Waals surface area (Å²) in [6.07, 6.45) is 1.65. The Balaban J connectivity index is 1.76. The Kier molecular flexibility index (Phi) is 4.71. The zero-order valence-electron chi connectivity index (χ0n) is 15.3. The molecule has 140 valence electrons. The molecule has 0 atom stereocenters. The third-order valence-electron chi connectivity index (χ3n) is 4.43. The van der Waals surface area contributed by atoms with Gasteiger partial charge in [0.05, 0.1) is 35.0 Å². The molecule has 6 nitrogen and oxygen atoms in total. The van der Waals surface area contributed by atoms with Crippen LogP contribution in [-0.2, 0) is 7.05 Å². The van der Waals surface area contributed by atoms with E-state index in [4.69, 9.17) is 16.3 Å². The number of carbonyl (C=O) groups is 1. The van der Waals surface area contributed by atoms with Crippen LogP contribution in [0.4, 0.5) is 5.69 Å². The summed E-state index contributed by atoms with van der Waals surface area (Å²) in [4.78, 5) is 17.7. The van der Waals surface area contributed by atoms with Crippen LogP contribution >= 0.6 is 11.6 Å². The number of amides is 1. The molecule has 0 fully saturated rings. The summed E-state index contributed by atoms with van der Waals surface area (Å²) < 4.78 is 6.81. The van der Waals surface area contributed by atoms with Crippen LogP contribution in [0.2, 0.25) is 5.02 Å². The van der Waals surface area contributed by atoms with Gasteiger partial charge in [0.1, 0.15) is 5.75 Å². The highest BCUT2D eigenvalue weighted by molar-refractivity contribution is 6.32. The molecule has 2 aromatic heterocycles. The smallest absolute Gasteiger partial charge is 0.256 e. The fourth-order valence-corrected chi connectivity index (χ4v) is 3.26. The van der Waals surface area contributed by atoms with Crippen LogP contribution in [0.25, 0.3) is 22.3 Å². The Hall–Kier alpha value is -3.38. The molecule has 0 spiro atoms. The molecule has 0 aliphatic rings. The minimum absolute atomic E-state index is 0.265. The van der Waals surface area contributed by atoms with E-state index in [2.05, 4.69) is 15.4 Å². The Morgan fingerprint density at radius 2 is 1.93 bits per heavy atom. The summed E-state index contributed by atoms with van der Waals surface area (Å²) in [7, 11) is 3.34. The molecule has 0 aliphatic carbocycles. The van der Waals surface area contributed by atoms with Crippen LogP contribution in [0, 0.1) is 0 Å². The first kappa shape index (κ1) is 18.0. The molecule has 1 N–H and O–H groups in total. The number of nitrogens with one attached hydrogen (secondary N) is 1. The van der Waals surface area contributed by atoms with E-state index < -0.39 is 0 Å². The van der Waals surface area contributed by atoms with Gasteiger partial charge in [-0.3, -0.25) is 9.48 Å². The molecular formula is C21H17ClN4O2. The first-order chi connectivity index (χ1) is 13.6. The van der Waals surface area contributed by atoms with Crippen molar-refractivity contribution >= 4 is 34.2 Å². The van der Waals surface area contributed by atoms with Crippen molar-refractivity contribution in [1.29, 1.82) is 0 Å². The summed E-state index contributed by atoms with van der Waals surface area (Å²) in [6.45, 7) is 0. The van der Waals surface area contributed by atoms with Crippen molar-refractivity contribution in [3.05, 3.63) is 71.4 Å². The second kappa shape index (κ2) is 7.32. The summed E-state index contributed by atoms with van der Waals surface area (Å²) in [5.41, 5.74) is 3.33. The highest BCUT2D eigenvalue weighted by Crippen LogP contribution is 2.29. The molecule has 2 aromatic carbocycles. The van der Waals surface area contributed by atoms with Gasteiger partial charge in [-0.05, 0) is 24.3 Å². The van der Waals surface area contributed by atoms with E-state index in [-0.39, 0.29) is 5.91 Å². The van der Waals surface area contributed by atoms with E-state index >= 15 is 0 Å². The zero-order valence-corrected chi connectivity index (χ0v) is 16.1. The second-order valence-electron chi connectivity index (χ2n) is 6.23. The number of pyridine rings is 1. The Morgan fingerprint density at radius 1 is 1.14 bits per heavy atom. The van der Waals surface area contributed by atoms with Crippen LogP contribution in [0.15, 0.2) is 60.8 Å². The number of anilines is 1. The Bertz CT molecular complexity index is 1170. The highest BCUT2D eigenvalue weighted by atomic mass is 35.5. The lowest BCUT2D eigenvalue weighted by atomic mass is 10.1. The van der Waals surface area contributed by atoms with Crippen molar-refractivity contribution in [2.45, 2.75) is 0 Å². The summed E-state index contributed by atoms with van der Waals surface area (Å²) in [5, 5.41) is 8.24. The SMILES string of the molecule is COc1ccc(NC(=O)c2cc(-c3ccccc3)nc3c2cnn3C)cc1Cl. The van der Waals surface area contributed by atoms with Gasteiger partial charge < -0.3 is 10.1 Å². The standard InChI is InChI=1S/C21H17ClN4O2/c1-26-20-16(12-23-26)15(11-18(25-20)13-6-4-3-5-7-13)21(27)24-14-8-9-19(28-2)17(22)10-14/h3-12H,1-2H3,(H,24,27). The van der Waals surface area contributed by atoms with Crippen molar-refractivity contribution in [2.24, 2.45) is 7.05 Å². The first-order valence-corrected chi connectivity index (χ1v) is 8.97. The molecular weight excluding hydrogens is 376 g/mol. The van der Waals surface area contributed by atoms with E-state index in [1.54, 1.807) is 49.3 Å². The molecule has 0 bridgehead atoms.